The lowest BCUT2D eigenvalue weighted by molar-refractivity contribution is -0.131. The smallest absolute Gasteiger partial charge is 0.325 e. The molecule has 1 aromatic heterocycles. The number of nitriles is 1. The highest BCUT2D eigenvalue weighted by molar-refractivity contribution is 6.07. The number of amides is 3. The summed E-state index contributed by atoms with van der Waals surface area (Å²) in [5, 5.41) is 15.6. The van der Waals surface area contributed by atoms with Crippen LogP contribution in [0.5, 0.6) is 0 Å². The Kier molecular flexibility index (Phi) is 4.35. The van der Waals surface area contributed by atoms with E-state index in [2.05, 4.69) is 15.5 Å². The number of imide groups is 1. The van der Waals surface area contributed by atoms with E-state index in [0.29, 0.717) is 17.0 Å². The summed E-state index contributed by atoms with van der Waals surface area (Å²) in [7, 11) is 0. The fraction of sp³-hybridized carbons (Fsp3) is 0.190. The van der Waals surface area contributed by atoms with Crippen molar-refractivity contribution in [1.29, 1.82) is 5.26 Å². The minimum Gasteiger partial charge on any atom is -0.337 e. The van der Waals surface area contributed by atoms with E-state index in [-0.39, 0.29) is 12.4 Å². The van der Waals surface area contributed by atoms with Gasteiger partial charge in [-0.15, -0.1) is 0 Å². The van der Waals surface area contributed by atoms with Gasteiger partial charge < -0.3 is 9.84 Å². The van der Waals surface area contributed by atoms with Crippen LogP contribution in [0.4, 0.5) is 4.79 Å². The van der Waals surface area contributed by atoms with Crippen molar-refractivity contribution in [3.63, 3.8) is 0 Å². The van der Waals surface area contributed by atoms with Crippen LogP contribution in [0.1, 0.15) is 29.5 Å². The minimum absolute atomic E-state index is 0.130. The van der Waals surface area contributed by atoms with Crippen molar-refractivity contribution in [3.8, 4) is 17.5 Å². The second-order valence-corrected chi connectivity index (χ2v) is 7.01. The number of carbonyl (C=O) groups is 2. The van der Waals surface area contributed by atoms with E-state index in [4.69, 9.17) is 9.78 Å². The van der Waals surface area contributed by atoms with Crippen LogP contribution in [0.25, 0.3) is 11.4 Å². The highest BCUT2D eigenvalue weighted by Crippen LogP contribution is 2.30. The molecule has 1 fully saturated rings. The van der Waals surface area contributed by atoms with E-state index < -0.39 is 17.5 Å². The number of hydrogen-bond donors (Lipinski definition) is 1. The van der Waals surface area contributed by atoms with E-state index in [0.717, 1.165) is 16.0 Å². The summed E-state index contributed by atoms with van der Waals surface area (Å²) in [6.45, 7) is 3.48. The summed E-state index contributed by atoms with van der Waals surface area (Å²) in [5.74, 6) is 0.123. The van der Waals surface area contributed by atoms with Gasteiger partial charge in [-0.25, -0.2) is 4.79 Å². The van der Waals surface area contributed by atoms with Gasteiger partial charge in [-0.05, 0) is 31.5 Å². The molecule has 1 N–H and O–H groups in total. The quantitative estimate of drug-likeness (QED) is 0.689. The molecule has 8 heteroatoms. The van der Waals surface area contributed by atoms with Gasteiger partial charge in [0.25, 0.3) is 5.91 Å². The number of rotatable bonds is 4. The van der Waals surface area contributed by atoms with Crippen LogP contribution in [-0.2, 0) is 16.9 Å². The molecule has 2 heterocycles. The summed E-state index contributed by atoms with van der Waals surface area (Å²) in [5.41, 5.74) is 1.72. The molecule has 3 amide bonds. The number of hydrogen-bond acceptors (Lipinski definition) is 6. The van der Waals surface area contributed by atoms with Crippen LogP contribution < -0.4 is 5.32 Å². The Hall–Kier alpha value is -3.99. The lowest BCUT2D eigenvalue weighted by atomic mass is 9.91. The van der Waals surface area contributed by atoms with Gasteiger partial charge >= 0.3 is 6.03 Å². The van der Waals surface area contributed by atoms with Gasteiger partial charge in [0.15, 0.2) is 0 Å². The first-order valence-electron chi connectivity index (χ1n) is 8.95. The molecular formula is C21H17N5O3. The first-order valence-corrected chi connectivity index (χ1v) is 8.95. The molecule has 1 aliphatic rings. The second kappa shape index (κ2) is 6.87. The van der Waals surface area contributed by atoms with Gasteiger partial charge in [0, 0.05) is 5.56 Å². The Morgan fingerprint density at radius 2 is 1.83 bits per heavy atom. The predicted octanol–water partition coefficient (Wildman–Crippen LogP) is 2.88. The SMILES string of the molecule is Cc1ccc(-c2noc(CN3C(=O)N[C@@](C)(c4ccc(C#N)cc4)C3=O)n2)cc1. The second-order valence-electron chi connectivity index (χ2n) is 7.01. The van der Waals surface area contributed by atoms with Crippen LogP contribution in [-0.4, -0.2) is 27.0 Å². The molecule has 1 aliphatic heterocycles. The third-order valence-corrected chi connectivity index (χ3v) is 4.94. The fourth-order valence-electron chi connectivity index (χ4n) is 3.19. The molecule has 8 nitrogen and oxygen atoms in total. The maximum Gasteiger partial charge on any atom is 0.325 e. The van der Waals surface area contributed by atoms with Gasteiger partial charge in [-0.1, -0.05) is 47.1 Å². The van der Waals surface area contributed by atoms with Gasteiger partial charge in [0.2, 0.25) is 11.7 Å². The van der Waals surface area contributed by atoms with Crippen molar-refractivity contribution in [3.05, 3.63) is 71.1 Å². The summed E-state index contributed by atoms with van der Waals surface area (Å²) < 4.78 is 5.24. The number of carbonyl (C=O) groups excluding carboxylic acids is 2. The highest BCUT2D eigenvalue weighted by atomic mass is 16.5. The summed E-state index contributed by atoms with van der Waals surface area (Å²) >= 11 is 0. The third kappa shape index (κ3) is 3.23. The number of nitrogens with one attached hydrogen (secondary N) is 1. The molecule has 0 spiro atoms. The van der Waals surface area contributed by atoms with Crippen LogP contribution >= 0.6 is 0 Å². The molecule has 3 aromatic rings. The number of benzene rings is 2. The van der Waals surface area contributed by atoms with Crippen molar-refractivity contribution in [2.75, 3.05) is 0 Å². The van der Waals surface area contributed by atoms with Gasteiger partial charge in [0.05, 0.1) is 11.6 Å². The maximum absolute atomic E-state index is 13.0. The molecule has 0 radical (unpaired) electrons. The number of aryl methyl sites for hydroxylation is 1. The molecule has 0 bridgehead atoms. The van der Waals surface area contributed by atoms with Crippen molar-refractivity contribution in [2.24, 2.45) is 0 Å². The number of nitrogens with zero attached hydrogens (tertiary/aromatic N) is 4. The topological polar surface area (TPSA) is 112 Å². The van der Waals surface area contributed by atoms with Crippen LogP contribution in [0, 0.1) is 18.3 Å². The van der Waals surface area contributed by atoms with Crippen molar-refractivity contribution < 1.29 is 14.1 Å². The highest BCUT2D eigenvalue weighted by Gasteiger charge is 2.49. The van der Waals surface area contributed by atoms with Crippen LogP contribution in [0.3, 0.4) is 0 Å². The zero-order valence-corrected chi connectivity index (χ0v) is 15.8. The minimum atomic E-state index is -1.23. The molecule has 29 heavy (non-hydrogen) atoms. The van der Waals surface area contributed by atoms with E-state index >= 15 is 0 Å². The Bertz CT molecular complexity index is 1130. The average molecular weight is 387 g/mol. The average Bonchev–Trinajstić information content (AvgIpc) is 3.28. The Labute approximate surface area is 166 Å². The van der Waals surface area contributed by atoms with Gasteiger partial charge in [-0.2, -0.15) is 10.2 Å². The normalized spacial score (nSPS) is 18.6. The van der Waals surface area contributed by atoms with Crippen LogP contribution in [0.15, 0.2) is 53.1 Å². The van der Waals surface area contributed by atoms with E-state index in [1.54, 1.807) is 31.2 Å². The Balaban J connectivity index is 1.55. The van der Waals surface area contributed by atoms with Crippen LogP contribution in [0.2, 0.25) is 0 Å². The molecule has 0 unspecified atom stereocenters. The van der Waals surface area contributed by atoms with E-state index in [1.807, 2.05) is 37.3 Å². The predicted molar refractivity (Wildman–Crippen MR) is 102 cm³/mol. The number of urea groups is 1. The van der Waals surface area contributed by atoms with Crippen molar-refractivity contribution in [2.45, 2.75) is 25.9 Å². The molecule has 2 aromatic carbocycles. The standard InChI is InChI=1S/C21H17N5O3/c1-13-3-7-15(8-4-13)18-23-17(29-25-18)12-26-19(27)21(2,24-20(26)28)16-9-5-14(11-22)6-10-16/h3-10H,12H2,1-2H3,(H,24,28)/t21-/m0/s1. The number of aromatic nitrogens is 2. The van der Waals surface area contributed by atoms with Crippen molar-refractivity contribution in [1.82, 2.24) is 20.4 Å². The zero-order chi connectivity index (χ0) is 20.6. The monoisotopic (exact) mass is 387 g/mol. The summed E-state index contributed by atoms with van der Waals surface area (Å²) in [6, 6.07) is 15.6. The van der Waals surface area contributed by atoms with E-state index in [9.17, 15) is 9.59 Å². The molecule has 0 saturated carbocycles. The molecule has 0 aliphatic carbocycles. The lowest BCUT2D eigenvalue weighted by Gasteiger charge is -2.21. The fourth-order valence-corrected chi connectivity index (χ4v) is 3.19. The zero-order valence-electron chi connectivity index (χ0n) is 15.8. The molecular weight excluding hydrogens is 370 g/mol. The van der Waals surface area contributed by atoms with E-state index in [1.165, 1.54) is 0 Å². The summed E-state index contributed by atoms with van der Waals surface area (Å²) in [4.78, 5) is 30.8. The molecule has 1 atom stereocenters. The largest absolute Gasteiger partial charge is 0.337 e. The van der Waals surface area contributed by atoms with Gasteiger partial charge in [0.1, 0.15) is 12.1 Å². The van der Waals surface area contributed by atoms with Gasteiger partial charge in [-0.3, -0.25) is 9.69 Å². The maximum atomic E-state index is 13.0. The summed E-state index contributed by atoms with van der Waals surface area (Å²) in [6.07, 6.45) is 0. The third-order valence-electron chi connectivity index (χ3n) is 4.94. The first kappa shape index (κ1) is 18.4. The Morgan fingerprint density at radius 3 is 2.48 bits per heavy atom. The Morgan fingerprint density at radius 1 is 1.14 bits per heavy atom. The first-order chi connectivity index (χ1) is 13.9. The lowest BCUT2D eigenvalue weighted by Crippen LogP contribution is -2.40. The molecule has 1 saturated heterocycles. The van der Waals surface area contributed by atoms with Crippen molar-refractivity contribution >= 4 is 11.9 Å². The molecule has 144 valence electrons. The molecule has 4 rings (SSSR count).